The van der Waals surface area contributed by atoms with Crippen molar-refractivity contribution in [2.24, 2.45) is 5.73 Å². The highest BCUT2D eigenvalue weighted by molar-refractivity contribution is 6.90. The summed E-state index contributed by atoms with van der Waals surface area (Å²) < 4.78 is 0. The van der Waals surface area contributed by atoms with Crippen LogP contribution in [0.15, 0.2) is 41.3 Å². The SMILES string of the molecule is CC(C)[Si](C#Cc1cc(=O)[nH]c2nc(Nc3ccccc3C(N)=O)ncc12)(C(C)C)C(C)C. The van der Waals surface area contributed by atoms with Gasteiger partial charge < -0.3 is 16.0 Å². The Hall–Kier alpha value is -3.44. The highest BCUT2D eigenvalue weighted by Crippen LogP contribution is 2.40. The lowest BCUT2D eigenvalue weighted by Gasteiger charge is -2.38. The van der Waals surface area contributed by atoms with Crippen LogP contribution >= 0.6 is 0 Å². The van der Waals surface area contributed by atoms with Gasteiger partial charge in [-0.1, -0.05) is 59.6 Å². The van der Waals surface area contributed by atoms with Crippen molar-refractivity contribution in [1.82, 2.24) is 15.0 Å². The molecule has 7 nitrogen and oxygen atoms in total. The number of hydrogen-bond acceptors (Lipinski definition) is 5. The van der Waals surface area contributed by atoms with Gasteiger partial charge in [-0.25, -0.2) is 4.98 Å². The summed E-state index contributed by atoms with van der Waals surface area (Å²) in [5.41, 5.74) is 12.1. The van der Waals surface area contributed by atoms with Crippen molar-refractivity contribution in [2.75, 3.05) is 5.32 Å². The number of amides is 1. The van der Waals surface area contributed by atoms with E-state index in [1.165, 1.54) is 6.07 Å². The van der Waals surface area contributed by atoms with Gasteiger partial charge in [-0.3, -0.25) is 9.59 Å². The molecule has 0 saturated heterocycles. The lowest BCUT2D eigenvalue weighted by molar-refractivity contribution is 0.100. The molecule has 0 unspecified atom stereocenters. The molecule has 172 valence electrons. The molecule has 0 fully saturated rings. The van der Waals surface area contributed by atoms with Crippen LogP contribution in [0.1, 0.15) is 57.5 Å². The Morgan fingerprint density at radius 2 is 1.73 bits per heavy atom. The number of rotatable bonds is 6. The number of primary amides is 1. The molecule has 1 aromatic carbocycles. The fraction of sp³-hybridized carbons (Fsp3) is 0.360. The number of carbonyl (C=O) groups excluding carboxylic acids is 1. The van der Waals surface area contributed by atoms with E-state index in [1.807, 2.05) is 0 Å². The van der Waals surface area contributed by atoms with Gasteiger partial charge in [0.2, 0.25) is 5.95 Å². The molecule has 1 amide bonds. The van der Waals surface area contributed by atoms with Crippen LogP contribution in [0.5, 0.6) is 0 Å². The summed E-state index contributed by atoms with van der Waals surface area (Å²) in [7, 11) is -1.96. The molecule has 0 atom stereocenters. The summed E-state index contributed by atoms with van der Waals surface area (Å²) in [5, 5.41) is 3.69. The van der Waals surface area contributed by atoms with Gasteiger partial charge in [-0.05, 0) is 28.8 Å². The van der Waals surface area contributed by atoms with Crippen LogP contribution in [-0.4, -0.2) is 28.9 Å². The molecular formula is C25H31N5O2Si. The Bertz CT molecular complexity index is 1280. The summed E-state index contributed by atoms with van der Waals surface area (Å²) in [6.07, 6.45) is 1.64. The summed E-state index contributed by atoms with van der Waals surface area (Å²) >= 11 is 0. The lowest BCUT2D eigenvalue weighted by atomic mass is 10.1. The molecule has 3 rings (SSSR count). The second-order valence-electron chi connectivity index (χ2n) is 9.19. The smallest absolute Gasteiger partial charge is 0.250 e. The number of anilines is 2. The minimum Gasteiger partial charge on any atom is -0.366 e. The predicted molar refractivity (Wildman–Crippen MR) is 136 cm³/mol. The molecule has 3 aromatic rings. The van der Waals surface area contributed by atoms with E-state index >= 15 is 0 Å². The first-order valence-electron chi connectivity index (χ1n) is 11.1. The maximum atomic E-state index is 12.4. The summed E-state index contributed by atoms with van der Waals surface area (Å²) in [5.74, 6) is 3.02. The zero-order chi connectivity index (χ0) is 24.3. The molecule has 0 saturated carbocycles. The lowest BCUT2D eigenvalue weighted by Crippen LogP contribution is -2.43. The quantitative estimate of drug-likeness (QED) is 0.363. The molecule has 0 aliphatic carbocycles. The van der Waals surface area contributed by atoms with Crippen molar-refractivity contribution in [2.45, 2.75) is 58.2 Å². The molecule has 33 heavy (non-hydrogen) atoms. The van der Waals surface area contributed by atoms with E-state index in [0.717, 1.165) is 0 Å². The van der Waals surface area contributed by atoms with Gasteiger partial charge in [0.25, 0.3) is 11.5 Å². The van der Waals surface area contributed by atoms with E-state index < -0.39 is 14.0 Å². The van der Waals surface area contributed by atoms with Gasteiger partial charge in [0.05, 0.1) is 16.6 Å². The van der Waals surface area contributed by atoms with Crippen molar-refractivity contribution in [3.05, 3.63) is 58.0 Å². The average Bonchev–Trinajstić information content (AvgIpc) is 2.73. The minimum atomic E-state index is -1.96. The molecule has 4 N–H and O–H groups in total. The Morgan fingerprint density at radius 3 is 2.33 bits per heavy atom. The van der Waals surface area contributed by atoms with E-state index in [0.29, 0.717) is 44.5 Å². The van der Waals surface area contributed by atoms with E-state index in [-0.39, 0.29) is 11.5 Å². The Kier molecular flexibility index (Phi) is 7.03. The van der Waals surface area contributed by atoms with Crippen LogP contribution in [-0.2, 0) is 0 Å². The van der Waals surface area contributed by atoms with Crippen LogP contribution in [0, 0.1) is 11.5 Å². The molecule has 0 spiro atoms. The molecule has 0 radical (unpaired) electrons. The van der Waals surface area contributed by atoms with E-state index in [4.69, 9.17) is 5.73 Å². The number of nitrogens with two attached hydrogens (primary N) is 1. The normalized spacial score (nSPS) is 11.7. The molecular weight excluding hydrogens is 430 g/mol. The summed E-state index contributed by atoms with van der Waals surface area (Å²) in [4.78, 5) is 35.7. The molecule has 2 heterocycles. The molecule has 0 aliphatic rings. The average molecular weight is 462 g/mol. The van der Waals surface area contributed by atoms with Crippen molar-refractivity contribution >= 4 is 36.7 Å². The highest BCUT2D eigenvalue weighted by atomic mass is 28.3. The van der Waals surface area contributed by atoms with Gasteiger partial charge in [-0.2, -0.15) is 4.98 Å². The molecule has 0 aliphatic heterocycles. The summed E-state index contributed by atoms with van der Waals surface area (Å²) in [6.45, 7) is 13.5. The van der Waals surface area contributed by atoms with Gasteiger partial charge in [0.15, 0.2) is 0 Å². The van der Waals surface area contributed by atoms with Crippen molar-refractivity contribution < 1.29 is 4.79 Å². The monoisotopic (exact) mass is 461 g/mol. The number of carbonyl (C=O) groups is 1. The first-order valence-corrected chi connectivity index (χ1v) is 13.4. The number of para-hydroxylation sites is 1. The van der Waals surface area contributed by atoms with Crippen LogP contribution in [0.25, 0.3) is 11.0 Å². The number of nitrogens with zero attached hydrogens (tertiary/aromatic N) is 2. The van der Waals surface area contributed by atoms with Crippen LogP contribution in [0.2, 0.25) is 16.6 Å². The van der Waals surface area contributed by atoms with Crippen LogP contribution < -0.4 is 16.6 Å². The molecule has 0 bridgehead atoms. The van der Waals surface area contributed by atoms with Crippen molar-refractivity contribution in [1.29, 1.82) is 0 Å². The third-order valence-electron chi connectivity index (χ3n) is 6.31. The zero-order valence-electron chi connectivity index (χ0n) is 20.0. The number of aromatic amines is 1. The first kappa shape index (κ1) is 24.2. The fourth-order valence-electron chi connectivity index (χ4n) is 4.74. The van der Waals surface area contributed by atoms with Crippen molar-refractivity contribution in [3.8, 4) is 11.5 Å². The number of fused-ring (bicyclic) bond motifs is 1. The molecule has 2 aromatic heterocycles. The number of hydrogen-bond donors (Lipinski definition) is 3. The van der Waals surface area contributed by atoms with Gasteiger partial charge in [-0.15, -0.1) is 5.54 Å². The third kappa shape index (κ3) is 4.83. The molecule has 8 heteroatoms. The second-order valence-corrected chi connectivity index (χ2v) is 14.8. The maximum absolute atomic E-state index is 12.4. The van der Waals surface area contributed by atoms with E-state index in [9.17, 15) is 9.59 Å². The fourth-order valence-corrected chi connectivity index (χ4v) is 9.95. The predicted octanol–water partition coefficient (Wildman–Crippen LogP) is 4.73. The number of pyridine rings is 1. The number of H-pyrrole nitrogens is 1. The number of nitrogens with one attached hydrogen (secondary N) is 2. The topological polar surface area (TPSA) is 114 Å². The number of aromatic nitrogens is 3. The Balaban J connectivity index is 2.09. The van der Waals surface area contributed by atoms with E-state index in [1.54, 1.807) is 30.5 Å². The first-order chi connectivity index (χ1) is 15.6. The second kappa shape index (κ2) is 9.59. The Labute approximate surface area is 195 Å². The summed E-state index contributed by atoms with van der Waals surface area (Å²) in [6, 6.07) is 8.35. The van der Waals surface area contributed by atoms with Crippen LogP contribution in [0.4, 0.5) is 11.6 Å². The number of benzene rings is 1. The van der Waals surface area contributed by atoms with Gasteiger partial charge >= 0.3 is 0 Å². The van der Waals surface area contributed by atoms with Crippen molar-refractivity contribution in [3.63, 3.8) is 0 Å². The largest absolute Gasteiger partial charge is 0.366 e. The third-order valence-corrected chi connectivity index (χ3v) is 12.6. The van der Waals surface area contributed by atoms with Crippen LogP contribution in [0.3, 0.4) is 0 Å². The minimum absolute atomic E-state index is 0.243. The van der Waals surface area contributed by atoms with E-state index in [2.05, 4.69) is 73.3 Å². The highest BCUT2D eigenvalue weighted by Gasteiger charge is 2.41. The standard InChI is InChI=1S/C25H31N5O2Si/c1-15(2)33(16(3)4,17(5)6)12-11-18-13-22(31)29-24-20(18)14-27-25(30-24)28-21-10-8-7-9-19(21)23(26)32/h7-10,13-17H,1-6H3,(H2,26,32)(H2,27,28,29,30,31). The van der Waals surface area contributed by atoms with Gasteiger partial charge in [0.1, 0.15) is 13.7 Å². The zero-order valence-corrected chi connectivity index (χ0v) is 21.0. The Morgan fingerprint density at radius 1 is 1.09 bits per heavy atom. The van der Waals surface area contributed by atoms with Gasteiger partial charge in [0, 0.05) is 17.8 Å². The maximum Gasteiger partial charge on any atom is 0.250 e.